The zero-order valence-electron chi connectivity index (χ0n) is 9.43. The second-order valence-corrected chi connectivity index (χ2v) is 4.92. The van der Waals surface area contributed by atoms with Crippen molar-refractivity contribution in [3.63, 3.8) is 0 Å². The normalized spacial score (nSPS) is 10.7. The molecule has 1 heterocycles. The summed E-state index contributed by atoms with van der Waals surface area (Å²) in [5, 5.41) is 0.258. The van der Waals surface area contributed by atoms with Gasteiger partial charge in [0.15, 0.2) is 0 Å². The van der Waals surface area contributed by atoms with Gasteiger partial charge in [-0.1, -0.05) is 18.5 Å². The average molecular weight is 332 g/mol. The van der Waals surface area contributed by atoms with Crippen LogP contribution in [-0.2, 0) is 6.42 Å². The molecule has 0 unspecified atom stereocenters. The number of halogens is 3. The standard InChI is InChI=1S/C12H9BrClFN2O/c1-2-9-10(13)12(18)17-11(16-9)6-3-7(14)5-8(15)4-6/h3-5H,2H2,1H3,(H,16,17,18). The van der Waals surface area contributed by atoms with Gasteiger partial charge in [0.2, 0.25) is 0 Å². The van der Waals surface area contributed by atoms with Crippen molar-refractivity contribution in [2.24, 2.45) is 0 Å². The Morgan fingerprint density at radius 1 is 1.44 bits per heavy atom. The SMILES string of the molecule is CCc1nc(-c2cc(F)cc(Cl)c2)[nH]c(=O)c1Br. The quantitative estimate of drug-likeness (QED) is 0.914. The van der Waals surface area contributed by atoms with E-state index in [1.54, 1.807) is 6.07 Å². The van der Waals surface area contributed by atoms with Crippen LogP contribution in [0.4, 0.5) is 4.39 Å². The molecule has 6 heteroatoms. The Labute approximate surface area is 116 Å². The molecule has 2 rings (SSSR count). The number of nitrogens with zero attached hydrogens (tertiary/aromatic N) is 1. The number of hydrogen-bond acceptors (Lipinski definition) is 2. The minimum Gasteiger partial charge on any atom is -0.306 e. The maximum Gasteiger partial charge on any atom is 0.265 e. The van der Waals surface area contributed by atoms with E-state index in [0.29, 0.717) is 28.0 Å². The van der Waals surface area contributed by atoms with Gasteiger partial charge in [0.05, 0.1) is 5.69 Å². The lowest BCUT2D eigenvalue weighted by molar-refractivity contribution is 0.628. The van der Waals surface area contributed by atoms with E-state index in [1.807, 2.05) is 6.92 Å². The van der Waals surface area contributed by atoms with Gasteiger partial charge >= 0.3 is 0 Å². The summed E-state index contributed by atoms with van der Waals surface area (Å²) in [5.74, 6) is -0.164. The van der Waals surface area contributed by atoms with Crippen LogP contribution in [0.1, 0.15) is 12.6 Å². The highest BCUT2D eigenvalue weighted by molar-refractivity contribution is 9.10. The molecule has 0 fully saturated rings. The van der Waals surface area contributed by atoms with Crippen LogP contribution >= 0.6 is 27.5 Å². The van der Waals surface area contributed by atoms with E-state index in [4.69, 9.17) is 11.6 Å². The Kier molecular flexibility index (Phi) is 3.82. The smallest absolute Gasteiger partial charge is 0.265 e. The topological polar surface area (TPSA) is 45.8 Å². The Hall–Kier alpha value is -1.20. The second-order valence-electron chi connectivity index (χ2n) is 3.69. The van der Waals surface area contributed by atoms with Crippen LogP contribution in [-0.4, -0.2) is 9.97 Å². The molecule has 3 nitrogen and oxygen atoms in total. The Morgan fingerprint density at radius 3 is 2.78 bits per heavy atom. The molecular formula is C12H9BrClFN2O. The third kappa shape index (κ3) is 2.62. The maximum atomic E-state index is 13.3. The third-order valence-corrected chi connectivity index (χ3v) is 3.44. The van der Waals surface area contributed by atoms with E-state index < -0.39 is 5.82 Å². The van der Waals surface area contributed by atoms with Gasteiger partial charge in [0, 0.05) is 10.6 Å². The summed E-state index contributed by atoms with van der Waals surface area (Å²) in [6, 6.07) is 4.02. The summed E-state index contributed by atoms with van der Waals surface area (Å²) in [6.07, 6.45) is 0.598. The number of aryl methyl sites for hydroxylation is 1. The van der Waals surface area contributed by atoms with Gasteiger partial charge < -0.3 is 4.98 Å². The lowest BCUT2D eigenvalue weighted by Crippen LogP contribution is -2.13. The molecular weight excluding hydrogens is 322 g/mol. The summed E-state index contributed by atoms with van der Waals surface area (Å²) >= 11 is 8.95. The van der Waals surface area contributed by atoms with Crippen molar-refractivity contribution in [1.82, 2.24) is 9.97 Å². The molecule has 0 spiro atoms. The Morgan fingerprint density at radius 2 is 2.17 bits per heavy atom. The predicted octanol–water partition coefficient (Wildman–Crippen LogP) is 3.55. The molecule has 94 valence electrons. The van der Waals surface area contributed by atoms with Gasteiger partial charge in [-0.15, -0.1) is 0 Å². The van der Waals surface area contributed by atoms with Crippen LogP contribution in [0.2, 0.25) is 5.02 Å². The number of H-pyrrole nitrogens is 1. The van der Waals surface area contributed by atoms with Crippen molar-refractivity contribution < 1.29 is 4.39 Å². The number of rotatable bonds is 2. The summed E-state index contributed by atoms with van der Waals surface area (Å²) < 4.78 is 13.7. The van der Waals surface area contributed by atoms with Gasteiger partial charge in [-0.2, -0.15) is 0 Å². The highest BCUT2D eigenvalue weighted by atomic mass is 79.9. The maximum absolute atomic E-state index is 13.3. The van der Waals surface area contributed by atoms with Crippen LogP contribution < -0.4 is 5.56 Å². The van der Waals surface area contributed by atoms with E-state index >= 15 is 0 Å². The van der Waals surface area contributed by atoms with E-state index in [9.17, 15) is 9.18 Å². The lowest BCUT2D eigenvalue weighted by atomic mass is 10.2. The number of benzene rings is 1. The van der Waals surface area contributed by atoms with Gasteiger partial charge in [-0.05, 0) is 40.5 Å². The largest absolute Gasteiger partial charge is 0.306 e. The fraction of sp³-hybridized carbons (Fsp3) is 0.167. The Bertz CT molecular complexity index is 637. The third-order valence-electron chi connectivity index (χ3n) is 2.40. The van der Waals surface area contributed by atoms with Crippen molar-refractivity contribution in [1.29, 1.82) is 0 Å². The molecule has 0 atom stereocenters. The monoisotopic (exact) mass is 330 g/mol. The molecule has 0 saturated heterocycles. The van der Waals surface area contributed by atoms with E-state index in [0.717, 1.165) is 0 Å². The summed E-state index contributed by atoms with van der Waals surface area (Å²) in [4.78, 5) is 18.6. The number of aromatic nitrogens is 2. The van der Waals surface area contributed by atoms with Gasteiger partial charge in [-0.3, -0.25) is 4.79 Å². The summed E-state index contributed by atoms with van der Waals surface area (Å²) in [6.45, 7) is 1.88. The van der Waals surface area contributed by atoms with E-state index in [2.05, 4.69) is 25.9 Å². The van der Waals surface area contributed by atoms with E-state index in [-0.39, 0.29) is 10.6 Å². The molecule has 0 amide bonds. The summed E-state index contributed by atoms with van der Waals surface area (Å²) in [5.41, 5.74) is 0.769. The first-order valence-corrected chi connectivity index (χ1v) is 6.43. The molecule has 2 aromatic rings. The molecule has 0 aliphatic rings. The average Bonchev–Trinajstić information content (AvgIpc) is 2.31. The summed E-state index contributed by atoms with van der Waals surface area (Å²) in [7, 11) is 0. The van der Waals surface area contributed by atoms with Crippen molar-refractivity contribution in [2.45, 2.75) is 13.3 Å². The van der Waals surface area contributed by atoms with Crippen LogP contribution in [0.25, 0.3) is 11.4 Å². The van der Waals surface area contributed by atoms with Crippen molar-refractivity contribution in [3.8, 4) is 11.4 Å². The highest BCUT2D eigenvalue weighted by Crippen LogP contribution is 2.22. The molecule has 0 aliphatic carbocycles. The van der Waals surface area contributed by atoms with Gasteiger partial charge in [0.25, 0.3) is 5.56 Å². The molecule has 1 N–H and O–H groups in total. The van der Waals surface area contributed by atoms with Crippen molar-refractivity contribution in [3.05, 3.63) is 49.6 Å². The van der Waals surface area contributed by atoms with Crippen LogP contribution in [0.3, 0.4) is 0 Å². The first kappa shape index (κ1) is 13.2. The molecule has 1 aromatic heterocycles. The predicted molar refractivity (Wildman–Crippen MR) is 72.3 cm³/mol. The van der Waals surface area contributed by atoms with Gasteiger partial charge in [-0.25, -0.2) is 9.37 Å². The van der Waals surface area contributed by atoms with Crippen LogP contribution in [0.5, 0.6) is 0 Å². The molecule has 0 radical (unpaired) electrons. The van der Waals surface area contributed by atoms with Crippen molar-refractivity contribution in [2.75, 3.05) is 0 Å². The molecule has 18 heavy (non-hydrogen) atoms. The zero-order chi connectivity index (χ0) is 13.3. The van der Waals surface area contributed by atoms with Gasteiger partial charge in [0.1, 0.15) is 16.1 Å². The minimum atomic E-state index is -0.471. The van der Waals surface area contributed by atoms with Crippen LogP contribution in [0.15, 0.2) is 27.5 Å². The number of nitrogens with one attached hydrogen (secondary N) is 1. The Balaban J connectivity index is 2.64. The first-order chi connectivity index (χ1) is 8.51. The highest BCUT2D eigenvalue weighted by Gasteiger charge is 2.10. The number of aromatic amines is 1. The van der Waals surface area contributed by atoms with Crippen molar-refractivity contribution >= 4 is 27.5 Å². The molecule has 0 aliphatic heterocycles. The lowest BCUT2D eigenvalue weighted by Gasteiger charge is -2.05. The molecule has 0 saturated carbocycles. The molecule has 0 bridgehead atoms. The van der Waals surface area contributed by atoms with E-state index in [1.165, 1.54) is 12.1 Å². The fourth-order valence-corrected chi connectivity index (χ4v) is 2.26. The van der Waals surface area contributed by atoms with Crippen LogP contribution in [0, 0.1) is 5.82 Å². The minimum absolute atomic E-state index is 0.258. The fourth-order valence-electron chi connectivity index (χ4n) is 1.57. The number of hydrogen-bond donors (Lipinski definition) is 1. The zero-order valence-corrected chi connectivity index (χ0v) is 11.8. The first-order valence-electron chi connectivity index (χ1n) is 5.26. The molecule has 1 aromatic carbocycles. The second kappa shape index (κ2) is 5.20.